The van der Waals surface area contributed by atoms with Gasteiger partial charge in [-0.2, -0.15) is 10.1 Å². The van der Waals surface area contributed by atoms with Crippen LogP contribution < -0.4 is 10.2 Å². The molecule has 2 N–H and O–H groups in total. The second-order valence-corrected chi connectivity index (χ2v) is 6.57. The second kappa shape index (κ2) is 6.34. The van der Waals surface area contributed by atoms with E-state index in [9.17, 15) is 4.79 Å². The number of aryl methyl sites for hydroxylation is 2. The number of nitrogens with one attached hydrogen (secondary N) is 1. The Morgan fingerprint density at radius 1 is 1.32 bits per heavy atom. The van der Waals surface area contributed by atoms with Crippen LogP contribution in [0.3, 0.4) is 0 Å². The van der Waals surface area contributed by atoms with E-state index in [0.29, 0.717) is 13.0 Å². The highest BCUT2D eigenvalue weighted by atomic mass is 16.4. The van der Waals surface area contributed by atoms with E-state index in [1.54, 1.807) is 0 Å². The summed E-state index contributed by atoms with van der Waals surface area (Å²) in [7, 11) is 1.91. The molecule has 0 unspecified atom stereocenters. The highest BCUT2D eigenvalue weighted by Crippen LogP contribution is 2.29. The monoisotopic (exact) mass is 342 g/mol. The van der Waals surface area contributed by atoms with E-state index in [4.69, 9.17) is 15.1 Å². The SMILES string of the molecule is CNc1nc(N2CCn3nc(CCC(=O)O)cc3C2)nc2c1CCC2. The fourth-order valence-electron chi connectivity index (χ4n) is 3.62. The first-order valence-electron chi connectivity index (χ1n) is 8.74. The van der Waals surface area contributed by atoms with Crippen LogP contribution in [0.4, 0.5) is 11.8 Å². The maximum absolute atomic E-state index is 10.7. The molecule has 2 aromatic rings. The van der Waals surface area contributed by atoms with E-state index in [1.807, 2.05) is 17.8 Å². The third-order valence-electron chi connectivity index (χ3n) is 4.88. The zero-order chi connectivity index (χ0) is 17.4. The molecule has 0 spiro atoms. The molecule has 132 valence electrons. The number of hydrogen-bond acceptors (Lipinski definition) is 6. The largest absolute Gasteiger partial charge is 0.481 e. The van der Waals surface area contributed by atoms with E-state index >= 15 is 0 Å². The van der Waals surface area contributed by atoms with Crippen molar-refractivity contribution in [3.05, 3.63) is 28.7 Å². The lowest BCUT2D eigenvalue weighted by molar-refractivity contribution is -0.136. The number of hydrogen-bond donors (Lipinski definition) is 2. The topological polar surface area (TPSA) is 96.2 Å². The minimum absolute atomic E-state index is 0.111. The Balaban J connectivity index is 1.55. The molecule has 0 atom stereocenters. The lowest BCUT2D eigenvalue weighted by atomic mass is 10.2. The van der Waals surface area contributed by atoms with Gasteiger partial charge in [0.25, 0.3) is 0 Å². The molecule has 8 nitrogen and oxygen atoms in total. The third-order valence-corrected chi connectivity index (χ3v) is 4.88. The minimum Gasteiger partial charge on any atom is -0.481 e. The van der Waals surface area contributed by atoms with E-state index in [0.717, 1.165) is 61.2 Å². The number of fused-ring (bicyclic) bond motifs is 2. The van der Waals surface area contributed by atoms with Crippen LogP contribution in [0.25, 0.3) is 0 Å². The Bertz CT molecular complexity index is 816. The fourth-order valence-corrected chi connectivity index (χ4v) is 3.62. The Hall–Kier alpha value is -2.64. The molecule has 25 heavy (non-hydrogen) atoms. The summed E-state index contributed by atoms with van der Waals surface area (Å²) in [5, 5.41) is 16.6. The molecule has 0 fully saturated rings. The van der Waals surface area contributed by atoms with Gasteiger partial charge in [-0.15, -0.1) is 0 Å². The summed E-state index contributed by atoms with van der Waals surface area (Å²) in [6, 6.07) is 2.00. The average molecular weight is 342 g/mol. The maximum Gasteiger partial charge on any atom is 0.303 e. The van der Waals surface area contributed by atoms with Crippen LogP contribution in [0.1, 0.15) is 35.5 Å². The highest BCUT2D eigenvalue weighted by Gasteiger charge is 2.24. The average Bonchev–Trinajstić information content (AvgIpc) is 3.24. The van der Waals surface area contributed by atoms with Crippen molar-refractivity contribution < 1.29 is 9.90 Å². The molecule has 0 aromatic carbocycles. The smallest absolute Gasteiger partial charge is 0.303 e. The predicted octanol–water partition coefficient (Wildman–Crippen LogP) is 1.24. The molecule has 1 aliphatic heterocycles. The van der Waals surface area contributed by atoms with Gasteiger partial charge in [-0.3, -0.25) is 9.48 Å². The van der Waals surface area contributed by atoms with Gasteiger partial charge in [0.05, 0.1) is 36.6 Å². The van der Waals surface area contributed by atoms with Crippen LogP contribution in [0, 0.1) is 0 Å². The maximum atomic E-state index is 10.7. The van der Waals surface area contributed by atoms with E-state index in [2.05, 4.69) is 15.3 Å². The second-order valence-electron chi connectivity index (χ2n) is 6.57. The predicted molar refractivity (Wildman–Crippen MR) is 92.8 cm³/mol. The van der Waals surface area contributed by atoms with Crippen LogP contribution in [0.15, 0.2) is 6.07 Å². The Morgan fingerprint density at radius 3 is 3.00 bits per heavy atom. The Morgan fingerprint density at radius 2 is 2.20 bits per heavy atom. The van der Waals surface area contributed by atoms with E-state index < -0.39 is 5.97 Å². The van der Waals surface area contributed by atoms with Gasteiger partial charge in [0, 0.05) is 25.6 Å². The first kappa shape index (κ1) is 15.9. The van der Waals surface area contributed by atoms with Crippen LogP contribution in [-0.2, 0) is 37.1 Å². The van der Waals surface area contributed by atoms with Crippen LogP contribution >= 0.6 is 0 Å². The van der Waals surface area contributed by atoms with Gasteiger partial charge in [-0.25, -0.2) is 4.98 Å². The Kier molecular flexibility index (Phi) is 4.03. The van der Waals surface area contributed by atoms with Gasteiger partial charge < -0.3 is 15.3 Å². The first-order chi connectivity index (χ1) is 12.1. The van der Waals surface area contributed by atoms with Gasteiger partial charge in [-0.1, -0.05) is 0 Å². The van der Waals surface area contributed by atoms with Crippen LogP contribution in [0.5, 0.6) is 0 Å². The van der Waals surface area contributed by atoms with Gasteiger partial charge in [-0.05, 0) is 25.3 Å². The highest BCUT2D eigenvalue weighted by molar-refractivity contribution is 5.67. The normalized spacial score (nSPS) is 15.8. The molecule has 8 heteroatoms. The molecule has 0 bridgehead atoms. The summed E-state index contributed by atoms with van der Waals surface area (Å²) in [6.07, 6.45) is 3.78. The molecule has 2 aliphatic rings. The molecular weight excluding hydrogens is 320 g/mol. The number of anilines is 2. The lowest BCUT2D eigenvalue weighted by Crippen LogP contribution is -2.35. The molecular formula is C17H22N6O2. The summed E-state index contributed by atoms with van der Waals surface area (Å²) < 4.78 is 1.97. The van der Waals surface area contributed by atoms with Crippen molar-refractivity contribution in [1.82, 2.24) is 19.7 Å². The quantitative estimate of drug-likeness (QED) is 0.844. The number of aliphatic carboxylic acids is 1. The molecule has 0 saturated heterocycles. The zero-order valence-electron chi connectivity index (χ0n) is 14.3. The number of carboxylic acid groups (broad SMARTS) is 1. The first-order valence-corrected chi connectivity index (χ1v) is 8.74. The fraction of sp³-hybridized carbons (Fsp3) is 0.529. The summed E-state index contributed by atoms with van der Waals surface area (Å²) >= 11 is 0. The standard InChI is InChI=1S/C17H22N6O2/c1-18-16-13-3-2-4-14(13)19-17(20-16)22-7-8-23-12(10-22)9-11(21-23)5-6-15(24)25/h9H,2-8,10H2,1H3,(H,24,25)(H,18,19,20). The van der Waals surface area contributed by atoms with Crippen molar-refractivity contribution >= 4 is 17.7 Å². The molecule has 4 rings (SSSR count). The van der Waals surface area contributed by atoms with Crippen LogP contribution in [0.2, 0.25) is 0 Å². The van der Waals surface area contributed by atoms with Gasteiger partial charge in [0.1, 0.15) is 5.82 Å². The molecule has 0 radical (unpaired) electrons. The minimum atomic E-state index is -0.793. The lowest BCUT2D eigenvalue weighted by Gasteiger charge is -2.28. The number of nitrogens with zero attached hydrogens (tertiary/aromatic N) is 5. The van der Waals surface area contributed by atoms with Crippen molar-refractivity contribution in [2.75, 3.05) is 23.8 Å². The van der Waals surface area contributed by atoms with Crippen molar-refractivity contribution in [3.8, 4) is 0 Å². The Labute approximate surface area is 145 Å². The molecule has 0 saturated carbocycles. The van der Waals surface area contributed by atoms with Crippen molar-refractivity contribution in [1.29, 1.82) is 0 Å². The number of carboxylic acids is 1. The summed E-state index contributed by atoms with van der Waals surface area (Å²) in [5.41, 5.74) is 4.34. The van der Waals surface area contributed by atoms with Gasteiger partial charge in [0.2, 0.25) is 5.95 Å². The van der Waals surface area contributed by atoms with Crippen molar-refractivity contribution in [2.45, 2.75) is 45.2 Å². The zero-order valence-corrected chi connectivity index (χ0v) is 14.3. The third kappa shape index (κ3) is 3.04. The summed E-state index contributed by atoms with van der Waals surface area (Å²) in [5.74, 6) is 0.919. The van der Waals surface area contributed by atoms with E-state index in [-0.39, 0.29) is 6.42 Å². The van der Waals surface area contributed by atoms with Crippen LogP contribution in [-0.4, -0.2) is 44.4 Å². The van der Waals surface area contributed by atoms with Gasteiger partial charge in [0.15, 0.2) is 0 Å². The number of carbonyl (C=O) groups is 1. The van der Waals surface area contributed by atoms with E-state index in [1.165, 1.54) is 5.56 Å². The van der Waals surface area contributed by atoms with Gasteiger partial charge >= 0.3 is 5.97 Å². The summed E-state index contributed by atoms with van der Waals surface area (Å²) in [4.78, 5) is 22.4. The molecule has 3 heterocycles. The molecule has 0 amide bonds. The summed E-state index contributed by atoms with van der Waals surface area (Å²) in [6.45, 7) is 2.26. The van der Waals surface area contributed by atoms with Crippen molar-refractivity contribution in [3.63, 3.8) is 0 Å². The van der Waals surface area contributed by atoms with Crippen molar-refractivity contribution in [2.24, 2.45) is 0 Å². The molecule has 2 aromatic heterocycles. The molecule has 1 aliphatic carbocycles. The number of aromatic nitrogens is 4. The number of rotatable bonds is 5.